The Bertz CT molecular complexity index is 586. The molecule has 0 aromatic heterocycles. The van der Waals surface area contributed by atoms with E-state index in [4.69, 9.17) is 0 Å². The minimum Gasteiger partial charge on any atom is -0.303 e. The lowest BCUT2D eigenvalue weighted by Crippen LogP contribution is -2.42. The molecule has 132 valence electrons. The van der Waals surface area contributed by atoms with Gasteiger partial charge in [0.25, 0.3) is 0 Å². The van der Waals surface area contributed by atoms with Gasteiger partial charge in [-0.1, -0.05) is 60.7 Å². The number of nitrogens with one attached hydrogen (secondary N) is 1. The highest BCUT2D eigenvalue weighted by Crippen LogP contribution is 2.29. The van der Waals surface area contributed by atoms with E-state index in [0.29, 0.717) is 12.1 Å². The Labute approximate surface area is 152 Å². The summed E-state index contributed by atoms with van der Waals surface area (Å²) in [7, 11) is 0. The van der Waals surface area contributed by atoms with Crippen molar-refractivity contribution in [2.24, 2.45) is 0 Å². The van der Waals surface area contributed by atoms with Gasteiger partial charge in [0.05, 0.1) is 6.04 Å². The van der Waals surface area contributed by atoms with E-state index in [9.17, 15) is 0 Å². The molecule has 1 heterocycles. The average Bonchev–Trinajstić information content (AvgIpc) is 3.23. The van der Waals surface area contributed by atoms with E-state index in [1.54, 1.807) is 0 Å². The Hall–Kier alpha value is -1.64. The molecule has 1 saturated carbocycles. The van der Waals surface area contributed by atoms with E-state index >= 15 is 0 Å². The number of nitrogens with zero attached hydrogens (tertiary/aromatic N) is 1. The van der Waals surface area contributed by atoms with Crippen LogP contribution in [0.5, 0.6) is 0 Å². The van der Waals surface area contributed by atoms with Gasteiger partial charge in [-0.15, -0.1) is 0 Å². The van der Waals surface area contributed by atoms with E-state index < -0.39 is 0 Å². The zero-order chi connectivity index (χ0) is 16.9. The molecule has 1 saturated heterocycles. The van der Waals surface area contributed by atoms with E-state index in [1.807, 2.05) is 0 Å². The summed E-state index contributed by atoms with van der Waals surface area (Å²) in [5.74, 6) is 0. The summed E-state index contributed by atoms with van der Waals surface area (Å²) in [5, 5.41) is 3.98. The van der Waals surface area contributed by atoms with Crippen molar-refractivity contribution in [3.8, 4) is 0 Å². The smallest absolute Gasteiger partial charge is 0.0578 e. The van der Waals surface area contributed by atoms with Crippen molar-refractivity contribution < 1.29 is 0 Å². The lowest BCUT2D eigenvalue weighted by Gasteiger charge is -2.36. The van der Waals surface area contributed by atoms with Gasteiger partial charge in [0.2, 0.25) is 0 Å². The van der Waals surface area contributed by atoms with Gasteiger partial charge < -0.3 is 10.2 Å². The largest absolute Gasteiger partial charge is 0.303 e. The molecular weight excluding hydrogens is 304 g/mol. The maximum atomic E-state index is 3.98. The maximum Gasteiger partial charge on any atom is 0.0578 e. The van der Waals surface area contributed by atoms with Gasteiger partial charge in [-0.05, 0) is 62.7 Å². The van der Waals surface area contributed by atoms with Crippen molar-refractivity contribution in [2.75, 3.05) is 13.1 Å². The summed E-state index contributed by atoms with van der Waals surface area (Å²) in [6.07, 6.45) is 8.13. The Morgan fingerprint density at radius 1 is 0.720 bits per heavy atom. The standard InChI is InChI=1S/C23H30N2/c1-3-9-19(10-4-1)23(20-11-5-2-6-12-20)24-21-13-15-22(16-14-21)25-17-7-8-18-25/h1-6,9-12,21-24H,7-8,13-18H2. The molecule has 0 unspecified atom stereocenters. The van der Waals surface area contributed by atoms with Gasteiger partial charge in [0.15, 0.2) is 0 Å². The molecule has 0 amide bonds. The van der Waals surface area contributed by atoms with Crippen LogP contribution >= 0.6 is 0 Å². The average molecular weight is 335 g/mol. The minimum absolute atomic E-state index is 0.302. The molecule has 0 bridgehead atoms. The molecule has 1 aliphatic carbocycles. The molecule has 1 N–H and O–H groups in total. The number of benzene rings is 2. The molecule has 1 aliphatic heterocycles. The van der Waals surface area contributed by atoms with Crippen molar-refractivity contribution in [3.63, 3.8) is 0 Å². The van der Waals surface area contributed by atoms with Gasteiger partial charge in [0, 0.05) is 12.1 Å². The first kappa shape index (κ1) is 16.8. The first-order valence-corrected chi connectivity index (χ1v) is 10.00. The highest BCUT2D eigenvalue weighted by atomic mass is 15.2. The van der Waals surface area contributed by atoms with Crippen LogP contribution in [-0.2, 0) is 0 Å². The normalized spacial score (nSPS) is 24.7. The Balaban J connectivity index is 1.43. The molecule has 0 atom stereocenters. The second kappa shape index (κ2) is 8.16. The summed E-state index contributed by atoms with van der Waals surface area (Å²) in [4.78, 5) is 2.74. The molecule has 2 aliphatic rings. The van der Waals surface area contributed by atoms with Gasteiger partial charge in [-0.25, -0.2) is 0 Å². The monoisotopic (exact) mass is 334 g/mol. The third-order valence-electron chi connectivity index (χ3n) is 6.02. The Kier molecular flexibility index (Phi) is 5.49. The van der Waals surface area contributed by atoms with Crippen LogP contribution < -0.4 is 5.32 Å². The van der Waals surface area contributed by atoms with Gasteiger partial charge in [-0.2, -0.15) is 0 Å². The number of hydrogen-bond acceptors (Lipinski definition) is 2. The van der Waals surface area contributed by atoms with Gasteiger partial charge in [-0.3, -0.25) is 0 Å². The number of rotatable bonds is 5. The fourth-order valence-corrected chi connectivity index (χ4v) is 4.63. The maximum absolute atomic E-state index is 3.98. The molecule has 4 rings (SSSR count). The van der Waals surface area contributed by atoms with Crippen LogP contribution in [0.15, 0.2) is 60.7 Å². The topological polar surface area (TPSA) is 15.3 Å². The molecule has 0 radical (unpaired) electrons. The summed E-state index contributed by atoms with van der Waals surface area (Å²) >= 11 is 0. The quantitative estimate of drug-likeness (QED) is 0.847. The van der Waals surface area contributed by atoms with Gasteiger partial charge in [0.1, 0.15) is 0 Å². The Morgan fingerprint density at radius 3 is 1.76 bits per heavy atom. The zero-order valence-corrected chi connectivity index (χ0v) is 15.1. The van der Waals surface area contributed by atoms with Crippen LogP contribution in [-0.4, -0.2) is 30.1 Å². The van der Waals surface area contributed by atoms with Crippen LogP contribution in [0.2, 0.25) is 0 Å². The minimum atomic E-state index is 0.302. The third-order valence-corrected chi connectivity index (χ3v) is 6.02. The van der Waals surface area contributed by atoms with Crippen LogP contribution in [0.1, 0.15) is 55.7 Å². The van der Waals surface area contributed by atoms with Crippen LogP contribution in [0.4, 0.5) is 0 Å². The molecule has 0 spiro atoms. The predicted molar refractivity (Wildman–Crippen MR) is 105 cm³/mol. The van der Waals surface area contributed by atoms with Crippen LogP contribution in [0.25, 0.3) is 0 Å². The van der Waals surface area contributed by atoms with Crippen molar-refractivity contribution >= 4 is 0 Å². The molecule has 2 fully saturated rings. The molecule has 2 nitrogen and oxygen atoms in total. The zero-order valence-electron chi connectivity index (χ0n) is 15.1. The summed E-state index contributed by atoms with van der Waals surface area (Å²) in [6.45, 7) is 2.67. The number of hydrogen-bond donors (Lipinski definition) is 1. The lowest BCUT2D eigenvalue weighted by molar-refractivity contribution is 0.171. The summed E-state index contributed by atoms with van der Waals surface area (Å²) < 4.78 is 0. The van der Waals surface area contributed by atoms with Crippen molar-refractivity contribution in [3.05, 3.63) is 71.8 Å². The van der Waals surface area contributed by atoms with E-state index in [-0.39, 0.29) is 0 Å². The molecule has 2 heteroatoms. The first-order chi connectivity index (χ1) is 12.4. The first-order valence-electron chi connectivity index (χ1n) is 10.00. The predicted octanol–water partition coefficient (Wildman–Crippen LogP) is 4.77. The van der Waals surface area contributed by atoms with Crippen LogP contribution in [0, 0.1) is 0 Å². The van der Waals surface area contributed by atoms with E-state index in [1.165, 1.54) is 62.7 Å². The Morgan fingerprint density at radius 2 is 1.24 bits per heavy atom. The van der Waals surface area contributed by atoms with Crippen molar-refractivity contribution in [1.82, 2.24) is 10.2 Å². The summed E-state index contributed by atoms with van der Waals surface area (Å²) in [6, 6.07) is 23.6. The second-order valence-electron chi connectivity index (χ2n) is 7.67. The lowest BCUT2D eigenvalue weighted by atomic mass is 9.88. The number of likely N-dealkylation sites (tertiary alicyclic amines) is 1. The van der Waals surface area contributed by atoms with E-state index in [2.05, 4.69) is 70.9 Å². The van der Waals surface area contributed by atoms with Crippen molar-refractivity contribution in [1.29, 1.82) is 0 Å². The highest BCUT2D eigenvalue weighted by molar-refractivity contribution is 5.31. The second-order valence-corrected chi connectivity index (χ2v) is 7.67. The SMILES string of the molecule is c1ccc(C(NC2CCC(N3CCCC3)CC2)c2ccccc2)cc1. The summed E-state index contributed by atoms with van der Waals surface area (Å²) in [5.41, 5.74) is 2.74. The molecule has 2 aromatic rings. The van der Waals surface area contributed by atoms with Crippen LogP contribution in [0.3, 0.4) is 0 Å². The molecular formula is C23H30N2. The fourth-order valence-electron chi connectivity index (χ4n) is 4.63. The molecule has 2 aromatic carbocycles. The third kappa shape index (κ3) is 4.13. The highest BCUT2D eigenvalue weighted by Gasteiger charge is 2.28. The molecule has 25 heavy (non-hydrogen) atoms. The van der Waals surface area contributed by atoms with Crippen molar-refractivity contribution in [2.45, 2.75) is 56.7 Å². The fraction of sp³-hybridized carbons (Fsp3) is 0.478. The van der Waals surface area contributed by atoms with Gasteiger partial charge >= 0.3 is 0 Å². The van der Waals surface area contributed by atoms with E-state index in [0.717, 1.165) is 6.04 Å².